The lowest BCUT2D eigenvalue weighted by Crippen LogP contribution is -2.46. The molecule has 138 valence electrons. The number of nitrogens with zero attached hydrogens (tertiary/aromatic N) is 3. The van der Waals surface area contributed by atoms with Gasteiger partial charge in [0.25, 0.3) is 5.91 Å². The van der Waals surface area contributed by atoms with Crippen LogP contribution in [0.25, 0.3) is 0 Å². The van der Waals surface area contributed by atoms with E-state index in [1.165, 1.54) is 0 Å². The van der Waals surface area contributed by atoms with Gasteiger partial charge in [-0.05, 0) is 36.4 Å². The molecule has 1 N–H and O–H groups in total. The zero-order valence-corrected chi connectivity index (χ0v) is 15.4. The zero-order chi connectivity index (χ0) is 18.4. The van der Waals surface area contributed by atoms with Gasteiger partial charge in [0.15, 0.2) is 0 Å². The van der Waals surface area contributed by atoms with Crippen molar-refractivity contribution >= 4 is 11.6 Å². The molecular weight excluding hydrogens is 328 g/mol. The summed E-state index contributed by atoms with van der Waals surface area (Å²) in [5.74, 6) is 0.646. The number of anilines is 1. The molecule has 0 atom stereocenters. The van der Waals surface area contributed by atoms with Gasteiger partial charge in [0, 0.05) is 44.6 Å². The smallest absolute Gasteiger partial charge is 0.270 e. The van der Waals surface area contributed by atoms with Crippen LogP contribution >= 0.6 is 0 Å². The molecular formula is C20H26N4O2. The monoisotopic (exact) mass is 354 g/mol. The minimum Gasteiger partial charge on any atom is -0.497 e. The second-order valence-corrected chi connectivity index (χ2v) is 6.35. The summed E-state index contributed by atoms with van der Waals surface area (Å²) in [5, 5.41) is 2.93. The Morgan fingerprint density at radius 1 is 1.15 bits per heavy atom. The number of hydrogen-bond donors (Lipinski definition) is 1. The van der Waals surface area contributed by atoms with Gasteiger partial charge in [0.05, 0.1) is 7.11 Å². The Morgan fingerprint density at radius 2 is 1.88 bits per heavy atom. The lowest BCUT2D eigenvalue weighted by Gasteiger charge is -2.35. The molecule has 1 amide bonds. The van der Waals surface area contributed by atoms with Gasteiger partial charge in [0.1, 0.15) is 11.4 Å². The molecule has 6 heteroatoms. The minimum atomic E-state index is -0.158. The molecule has 0 saturated carbocycles. The topological polar surface area (TPSA) is 57.7 Å². The van der Waals surface area contributed by atoms with Crippen molar-refractivity contribution in [1.82, 2.24) is 15.2 Å². The number of aromatic nitrogens is 1. The summed E-state index contributed by atoms with van der Waals surface area (Å²) >= 11 is 0. The Kier molecular flexibility index (Phi) is 6.07. The molecule has 0 radical (unpaired) electrons. The average molecular weight is 354 g/mol. The first-order chi connectivity index (χ1) is 12.7. The minimum absolute atomic E-state index is 0.158. The van der Waals surface area contributed by atoms with Gasteiger partial charge in [-0.25, -0.2) is 0 Å². The Balaban J connectivity index is 1.59. The number of methoxy groups -OCH3 is 1. The van der Waals surface area contributed by atoms with Crippen molar-refractivity contribution in [2.24, 2.45) is 0 Å². The third-order valence-electron chi connectivity index (χ3n) is 4.77. The summed E-state index contributed by atoms with van der Waals surface area (Å²) in [5.41, 5.74) is 2.53. The average Bonchev–Trinajstić information content (AvgIpc) is 2.72. The lowest BCUT2D eigenvalue weighted by atomic mass is 10.2. The number of amides is 1. The molecule has 2 heterocycles. The number of pyridine rings is 1. The molecule has 1 aromatic heterocycles. The second kappa shape index (κ2) is 8.67. The zero-order valence-electron chi connectivity index (χ0n) is 15.4. The van der Waals surface area contributed by atoms with E-state index in [1.54, 1.807) is 13.3 Å². The number of nitrogens with one attached hydrogen (secondary N) is 1. The van der Waals surface area contributed by atoms with Gasteiger partial charge < -0.3 is 19.9 Å². The van der Waals surface area contributed by atoms with Crippen LogP contribution in [-0.4, -0.2) is 55.6 Å². The maximum Gasteiger partial charge on any atom is 0.270 e. The standard InChI is InChI=1S/C20H26N4O2/c1-3-23-10-12-24(13-11-23)17-8-9-21-19(14-17)20(25)22-15-16-4-6-18(26-2)7-5-16/h4-9,14H,3,10-13,15H2,1-2H3,(H,22,25). The summed E-state index contributed by atoms with van der Waals surface area (Å²) in [6.45, 7) is 7.80. The number of carbonyl (C=O) groups excluding carboxylic acids is 1. The van der Waals surface area contributed by atoms with Crippen molar-refractivity contribution in [1.29, 1.82) is 0 Å². The Hall–Kier alpha value is -2.60. The van der Waals surface area contributed by atoms with E-state index < -0.39 is 0 Å². The molecule has 1 aliphatic rings. The van der Waals surface area contributed by atoms with Gasteiger partial charge >= 0.3 is 0 Å². The maximum absolute atomic E-state index is 12.4. The van der Waals surface area contributed by atoms with Gasteiger partial charge in [-0.2, -0.15) is 0 Å². The third kappa shape index (κ3) is 4.52. The molecule has 1 fully saturated rings. The first-order valence-electron chi connectivity index (χ1n) is 9.04. The molecule has 0 spiro atoms. The normalized spacial score (nSPS) is 14.9. The van der Waals surface area contributed by atoms with E-state index in [1.807, 2.05) is 36.4 Å². The van der Waals surface area contributed by atoms with Gasteiger partial charge in [-0.15, -0.1) is 0 Å². The van der Waals surface area contributed by atoms with E-state index in [-0.39, 0.29) is 5.91 Å². The highest BCUT2D eigenvalue weighted by molar-refractivity contribution is 5.93. The van der Waals surface area contributed by atoms with Crippen LogP contribution < -0.4 is 15.0 Å². The highest BCUT2D eigenvalue weighted by Gasteiger charge is 2.17. The van der Waals surface area contributed by atoms with Crippen molar-refractivity contribution in [3.63, 3.8) is 0 Å². The fraction of sp³-hybridized carbons (Fsp3) is 0.400. The van der Waals surface area contributed by atoms with Crippen LogP contribution in [0.3, 0.4) is 0 Å². The molecule has 0 aliphatic carbocycles. The van der Waals surface area contributed by atoms with Gasteiger partial charge in [0.2, 0.25) is 0 Å². The van der Waals surface area contributed by atoms with Gasteiger partial charge in [-0.1, -0.05) is 19.1 Å². The van der Waals surface area contributed by atoms with E-state index in [4.69, 9.17) is 4.74 Å². The number of benzene rings is 1. The molecule has 3 rings (SSSR count). The highest BCUT2D eigenvalue weighted by Crippen LogP contribution is 2.17. The maximum atomic E-state index is 12.4. The van der Waals surface area contributed by atoms with Crippen LogP contribution in [0.5, 0.6) is 5.75 Å². The third-order valence-corrected chi connectivity index (χ3v) is 4.77. The van der Waals surface area contributed by atoms with Crippen molar-refractivity contribution in [3.8, 4) is 5.75 Å². The van der Waals surface area contributed by atoms with Crippen molar-refractivity contribution in [2.45, 2.75) is 13.5 Å². The number of likely N-dealkylation sites (N-methyl/N-ethyl adjacent to an activating group) is 1. The predicted octanol–water partition coefficient (Wildman–Crippen LogP) is 2.16. The largest absolute Gasteiger partial charge is 0.497 e. The lowest BCUT2D eigenvalue weighted by molar-refractivity contribution is 0.0946. The Bertz CT molecular complexity index is 725. The summed E-state index contributed by atoms with van der Waals surface area (Å²) < 4.78 is 5.14. The number of rotatable bonds is 6. The van der Waals surface area contributed by atoms with Crippen molar-refractivity contribution < 1.29 is 9.53 Å². The van der Waals surface area contributed by atoms with E-state index in [2.05, 4.69) is 27.0 Å². The molecule has 0 unspecified atom stereocenters. The summed E-state index contributed by atoms with van der Waals surface area (Å²) in [6, 6.07) is 11.5. The van der Waals surface area contributed by atoms with E-state index >= 15 is 0 Å². The van der Waals surface area contributed by atoms with E-state index in [0.717, 1.165) is 49.7 Å². The van der Waals surface area contributed by atoms with Crippen LogP contribution in [0.15, 0.2) is 42.6 Å². The van der Waals surface area contributed by atoms with Crippen LogP contribution in [0.4, 0.5) is 5.69 Å². The molecule has 1 aromatic carbocycles. The number of ether oxygens (including phenoxy) is 1. The predicted molar refractivity (Wildman–Crippen MR) is 103 cm³/mol. The molecule has 1 aliphatic heterocycles. The molecule has 0 bridgehead atoms. The fourth-order valence-corrected chi connectivity index (χ4v) is 3.08. The molecule has 1 saturated heterocycles. The van der Waals surface area contributed by atoms with E-state index in [9.17, 15) is 4.79 Å². The molecule has 6 nitrogen and oxygen atoms in total. The second-order valence-electron chi connectivity index (χ2n) is 6.35. The van der Waals surface area contributed by atoms with Gasteiger partial charge in [-0.3, -0.25) is 9.78 Å². The van der Waals surface area contributed by atoms with Crippen LogP contribution in [0, 0.1) is 0 Å². The van der Waals surface area contributed by atoms with Crippen LogP contribution in [-0.2, 0) is 6.54 Å². The summed E-state index contributed by atoms with van der Waals surface area (Å²) in [7, 11) is 1.64. The van der Waals surface area contributed by atoms with Crippen molar-refractivity contribution in [3.05, 3.63) is 53.9 Å². The van der Waals surface area contributed by atoms with Crippen LogP contribution in [0.2, 0.25) is 0 Å². The van der Waals surface area contributed by atoms with E-state index in [0.29, 0.717) is 12.2 Å². The molecule has 2 aromatic rings. The number of carbonyl (C=O) groups is 1. The number of hydrogen-bond acceptors (Lipinski definition) is 5. The highest BCUT2D eigenvalue weighted by atomic mass is 16.5. The Labute approximate surface area is 154 Å². The van der Waals surface area contributed by atoms with Crippen LogP contribution in [0.1, 0.15) is 23.0 Å². The Morgan fingerprint density at radius 3 is 2.54 bits per heavy atom. The quantitative estimate of drug-likeness (QED) is 0.862. The first kappa shape index (κ1) is 18.2. The fourth-order valence-electron chi connectivity index (χ4n) is 3.08. The molecule has 26 heavy (non-hydrogen) atoms. The summed E-state index contributed by atoms with van der Waals surface area (Å²) in [4.78, 5) is 21.4. The van der Waals surface area contributed by atoms with Crippen molar-refractivity contribution in [2.75, 3.05) is 44.7 Å². The number of piperazine rings is 1. The summed E-state index contributed by atoms with van der Waals surface area (Å²) in [6.07, 6.45) is 1.71. The SMILES string of the molecule is CCN1CCN(c2ccnc(C(=O)NCc3ccc(OC)cc3)c2)CC1. The first-order valence-corrected chi connectivity index (χ1v) is 9.04.